The first kappa shape index (κ1) is 23.2. The van der Waals surface area contributed by atoms with Crippen molar-refractivity contribution < 1.29 is 21.0 Å². The largest absolute Gasteiger partial charge is 0.383 e. The number of benzene rings is 3. The molecule has 0 atom stereocenters. The maximum absolute atomic E-state index is 13.5. The number of fused-ring (bicyclic) bond motifs is 1. The minimum Gasteiger partial charge on any atom is -0.383 e. The molecule has 0 unspecified atom stereocenters. The lowest BCUT2D eigenvalue weighted by Gasteiger charge is -2.23. The van der Waals surface area contributed by atoms with E-state index >= 15 is 0 Å². The Labute approximate surface area is 184 Å². The number of hydrogen-bond acceptors (Lipinski definition) is 5. The van der Waals surface area contributed by atoms with Gasteiger partial charge in [-0.05, 0) is 52.9 Å². The average Bonchev–Trinajstić information content (AvgIpc) is 2.70. The molecule has 31 heavy (non-hydrogen) atoms. The van der Waals surface area contributed by atoms with Crippen LogP contribution in [-0.2, 0) is 26.7 Å². The predicted molar refractivity (Wildman–Crippen MR) is 123 cm³/mol. The van der Waals surface area contributed by atoms with Gasteiger partial charge in [0.15, 0.2) is 0 Å². The van der Waals surface area contributed by atoms with Gasteiger partial charge in [-0.25, -0.2) is 8.42 Å². The third kappa shape index (κ3) is 6.29. The second-order valence-corrected chi connectivity index (χ2v) is 11.5. The molecule has 3 aromatic carbocycles. The summed E-state index contributed by atoms with van der Waals surface area (Å²) in [5, 5.41) is 1.85. The summed E-state index contributed by atoms with van der Waals surface area (Å²) in [6.07, 6.45) is 1.70. The topological polar surface area (TPSA) is 80.8 Å². The summed E-state index contributed by atoms with van der Waals surface area (Å²) in [5.74, 6) is 0.539. The van der Waals surface area contributed by atoms with Crippen LogP contribution >= 0.6 is 0 Å². The average molecular weight is 462 g/mol. The molecular weight excluding hydrogens is 434 g/mol. The van der Waals surface area contributed by atoms with Gasteiger partial charge in [0.05, 0.1) is 11.2 Å². The van der Waals surface area contributed by atoms with Crippen LogP contribution in [0, 0.1) is 5.92 Å². The maximum Gasteiger partial charge on any atom is 0.306 e. The Kier molecular flexibility index (Phi) is 7.03. The molecule has 0 N–H and O–H groups in total. The van der Waals surface area contributed by atoms with E-state index in [4.69, 9.17) is 4.18 Å². The number of rotatable bonds is 9. The van der Waals surface area contributed by atoms with Crippen molar-refractivity contribution in [3.05, 3.63) is 72.3 Å². The highest BCUT2D eigenvalue weighted by molar-refractivity contribution is 7.89. The van der Waals surface area contributed by atoms with E-state index in [9.17, 15) is 16.8 Å². The zero-order chi connectivity index (χ0) is 22.6. The normalized spacial score (nSPS) is 12.5. The predicted octanol–water partition coefficient (Wildman–Crippen LogP) is 4.42. The first-order chi connectivity index (χ1) is 14.5. The van der Waals surface area contributed by atoms with Crippen molar-refractivity contribution in [1.29, 1.82) is 0 Å². The Morgan fingerprint density at radius 2 is 1.52 bits per heavy atom. The fourth-order valence-corrected chi connectivity index (χ4v) is 5.13. The van der Waals surface area contributed by atoms with E-state index < -0.39 is 20.1 Å². The molecule has 0 heterocycles. The van der Waals surface area contributed by atoms with Crippen molar-refractivity contribution in [2.24, 2.45) is 5.92 Å². The SMILES string of the molecule is CC(C)CCN(Cc1ccc(OS(C)(=O)=O)cc1)S(=O)(=O)c1ccc2ccccc2c1. The molecule has 0 saturated heterocycles. The highest BCUT2D eigenvalue weighted by Gasteiger charge is 2.25. The Morgan fingerprint density at radius 1 is 0.871 bits per heavy atom. The Bertz CT molecular complexity index is 1250. The molecule has 6 nitrogen and oxygen atoms in total. The third-order valence-electron chi connectivity index (χ3n) is 4.84. The van der Waals surface area contributed by atoms with E-state index in [1.165, 1.54) is 16.4 Å². The summed E-state index contributed by atoms with van der Waals surface area (Å²) in [7, 11) is -7.33. The van der Waals surface area contributed by atoms with Gasteiger partial charge in [0, 0.05) is 13.1 Å². The van der Waals surface area contributed by atoms with E-state index in [2.05, 4.69) is 13.8 Å². The quantitative estimate of drug-likeness (QED) is 0.441. The van der Waals surface area contributed by atoms with Crippen LogP contribution in [0.5, 0.6) is 5.75 Å². The van der Waals surface area contributed by atoms with Crippen molar-refractivity contribution >= 4 is 30.9 Å². The van der Waals surface area contributed by atoms with Crippen LogP contribution in [-0.4, -0.2) is 33.9 Å². The highest BCUT2D eigenvalue weighted by atomic mass is 32.2. The highest BCUT2D eigenvalue weighted by Crippen LogP contribution is 2.25. The first-order valence-corrected chi connectivity index (χ1v) is 13.3. The van der Waals surface area contributed by atoms with Gasteiger partial charge < -0.3 is 4.18 Å². The van der Waals surface area contributed by atoms with E-state index in [0.717, 1.165) is 29.0 Å². The Balaban J connectivity index is 1.90. The molecule has 0 aliphatic heterocycles. The lowest BCUT2D eigenvalue weighted by atomic mass is 10.1. The molecule has 8 heteroatoms. The second-order valence-electron chi connectivity index (χ2n) is 7.96. The fourth-order valence-electron chi connectivity index (χ4n) is 3.19. The summed E-state index contributed by atoms with van der Waals surface area (Å²) in [6.45, 7) is 4.67. The van der Waals surface area contributed by atoms with Gasteiger partial charge in [-0.15, -0.1) is 0 Å². The van der Waals surface area contributed by atoms with Crippen LogP contribution in [0.3, 0.4) is 0 Å². The molecule has 0 aromatic heterocycles. The van der Waals surface area contributed by atoms with Crippen LogP contribution in [0.4, 0.5) is 0 Å². The first-order valence-electron chi connectivity index (χ1n) is 10.0. The van der Waals surface area contributed by atoms with Crippen LogP contribution < -0.4 is 4.18 Å². The zero-order valence-corrected chi connectivity index (χ0v) is 19.5. The summed E-state index contributed by atoms with van der Waals surface area (Å²) in [5.41, 5.74) is 0.744. The van der Waals surface area contributed by atoms with Gasteiger partial charge in [-0.1, -0.05) is 56.3 Å². The van der Waals surface area contributed by atoms with Gasteiger partial charge in [0.25, 0.3) is 0 Å². The minimum atomic E-state index is -3.72. The molecule has 3 rings (SSSR count). The maximum atomic E-state index is 13.5. The van der Waals surface area contributed by atoms with Gasteiger partial charge in [-0.2, -0.15) is 12.7 Å². The standard InChI is InChI=1S/C23H27NO5S2/c1-18(2)14-15-24(17-19-8-11-22(12-9-19)29-30(3,25)26)31(27,28)23-13-10-20-6-4-5-7-21(20)16-23/h4-13,16,18H,14-15,17H2,1-3H3. The van der Waals surface area contributed by atoms with Gasteiger partial charge in [-0.3, -0.25) is 0 Å². The second kappa shape index (κ2) is 9.38. The Hall–Kier alpha value is -2.42. The molecular formula is C23H27NO5S2. The van der Waals surface area contributed by atoms with Crippen LogP contribution in [0.1, 0.15) is 25.8 Å². The van der Waals surface area contributed by atoms with Crippen LogP contribution in [0.15, 0.2) is 71.6 Å². The third-order valence-corrected chi connectivity index (χ3v) is 7.18. The van der Waals surface area contributed by atoms with Crippen molar-refractivity contribution in [3.8, 4) is 5.75 Å². The van der Waals surface area contributed by atoms with E-state index in [1.54, 1.807) is 24.3 Å². The molecule has 0 radical (unpaired) electrons. The summed E-state index contributed by atoms with van der Waals surface area (Å²) >= 11 is 0. The lowest BCUT2D eigenvalue weighted by molar-refractivity contribution is 0.375. The molecule has 0 spiro atoms. The van der Waals surface area contributed by atoms with E-state index in [1.807, 2.05) is 30.3 Å². The van der Waals surface area contributed by atoms with Crippen LogP contribution in [0.2, 0.25) is 0 Å². The molecule has 166 valence electrons. The van der Waals surface area contributed by atoms with E-state index in [-0.39, 0.29) is 17.2 Å². The van der Waals surface area contributed by atoms with Crippen LogP contribution in [0.25, 0.3) is 10.8 Å². The van der Waals surface area contributed by atoms with Crippen molar-refractivity contribution in [3.63, 3.8) is 0 Å². The number of hydrogen-bond donors (Lipinski definition) is 0. The van der Waals surface area contributed by atoms with Crippen molar-refractivity contribution in [1.82, 2.24) is 4.31 Å². The Morgan fingerprint density at radius 3 is 2.13 bits per heavy atom. The fraction of sp³-hybridized carbons (Fsp3) is 0.304. The summed E-state index contributed by atoms with van der Waals surface area (Å²) in [4.78, 5) is 0.256. The molecule has 0 aliphatic carbocycles. The smallest absolute Gasteiger partial charge is 0.306 e. The van der Waals surface area contributed by atoms with E-state index in [0.29, 0.717) is 12.5 Å². The molecule has 3 aromatic rings. The number of nitrogens with zero attached hydrogens (tertiary/aromatic N) is 1. The lowest BCUT2D eigenvalue weighted by Crippen LogP contribution is -2.32. The van der Waals surface area contributed by atoms with Crippen molar-refractivity contribution in [2.75, 3.05) is 12.8 Å². The van der Waals surface area contributed by atoms with Gasteiger partial charge in [0.1, 0.15) is 5.75 Å². The monoisotopic (exact) mass is 461 g/mol. The zero-order valence-electron chi connectivity index (χ0n) is 17.9. The number of sulfonamides is 1. The summed E-state index contributed by atoms with van der Waals surface area (Å²) < 4.78 is 55.8. The van der Waals surface area contributed by atoms with Gasteiger partial charge >= 0.3 is 10.1 Å². The molecule has 0 fully saturated rings. The van der Waals surface area contributed by atoms with Gasteiger partial charge in [0.2, 0.25) is 10.0 Å². The summed E-state index contributed by atoms with van der Waals surface area (Å²) in [6, 6.07) is 19.2. The molecule has 0 bridgehead atoms. The molecule has 0 saturated carbocycles. The minimum absolute atomic E-state index is 0.182. The molecule has 0 amide bonds. The molecule has 0 aliphatic rings. The van der Waals surface area contributed by atoms with Crippen molar-refractivity contribution in [2.45, 2.75) is 31.7 Å².